The molecule has 0 fully saturated rings. The van der Waals surface area contributed by atoms with E-state index in [-0.39, 0.29) is 0 Å². The Balaban J connectivity index is 1.97. The molecular weight excluding hydrogens is 230 g/mol. The van der Waals surface area contributed by atoms with Crippen molar-refractivity contribution in [3.63, 3.8) is 0 Å². The van der Waals surface area contributed by atoms with Gasteiger partial charge in [-0.25, -0.2) is 0 Å². The molecule has 98 valence electrons. The molecule has 2 aromatic rings. The van der Waals surface area contributed by atoms with Gasteiger partial charge in [-0.1, -0.05) is 35.9 Å². The third kappa shape index (κ3) is 2.51. The van der Waals surface area contributed by atoms with Gasteiger partial charge in [0.2, 0.25) is 0 Å². The Morgan fingerprint density at radius 2 is 1.95 bits per heavy atom. The number of anilines is 1. The van der Waals surface area contributed by atoms with Crippen LogP contribution in [-0.4, -0.2) is 6.54 Å². The predicted molar refractivity (Wildman–Crippen MR) is 82.0 cm³/mol. The van der Waals surface area contributed by atoms with Crippen LogP contribution < -0.4 is 5.32 Å². The van der Waals surface area contributed by atoms with E-state index < -0.39 is 0 Å². The van der Waals surface area contributed by atoms with Crippen molar-refractivity contribution in [1.82, 2.24) is 0 Å². The second-order valence-electron chi connectivity index (χ2n) is 5.58. The van der Waals surface area contributed by atoms with Gasteiger partial charge in [0.25, 0.3) is 0 Å². The fourth-order valence-electron chi connectivity index (χ4n) is 2.95. The highest BCUT2D eigenvalue weighted by atomic mass is 14.9. The molecule has 0 saturated heterocycles. The normalized spacial score (nSPS) is 13.8. The smallest absolute Gasteiger partial charge is 0.0375 e. The molecule has 0 radical (unpaired) electrons. The highest BCUT2D eigenvalue weighted by Gasteiger charge is 2.13. The molecule has 1 aliphatic heterocycles. The van der Waals surface area contributed by atoms with Crippen LogP contribution in [0.15, 0.2) is 36.4 Å². The number of hydrogen-bond acceptors (Lipinski definition) is 1. The first-order chi connectivity index (χ1) is 9.24. The van der Waals surface area contributed by atoms with E-state index in [2.05, 4.69) is 55.6 Å². The third-order valence-corrected chi connectivity index (χ3v) is 4.08. The summed E-state index contributed by atoms with van der Waals surface area (Å²) in [5.74, 6) is 0. The standard InChI is InChI=1S/C18H21N/c1-13-8-9-14(2)16(11-13)12-15-5-3-7-18-17(15)6-4-10-19-18/h3,5,7-9,11,19H,4,6,10,12H2,1-2H3. The summed E-state index contributed by atoms with van der Waals surface area (Å²) in [7, 11) is 0. The van der Waals surface area contributed by atoms with Gasteiger partial charge < -0.3 is 5.32 Å². The molecule has 1 heterocycles. The van der Waals surface area contributed by atoms with Crippen molar-refractivity contribution in [3.8, 4) is 0 Å². The van der Waals surface area contributed by atoms with Gasteiger partial charge in [0.15, 0.2) is 0 Å². The van der Waals surface area contributed by atoms with Gasteiger partial charge in [-0.2, -0.15) is 0 Å². The van der Waals surface area contributed by atoms with E-state index in [1.807, 2.05) is 0 Å². The van der Waals surface area contributed by atoms with E-state index in [0.29, 0.717) is 0 Å². The molecule has 3 rings (SSSR count). The summed E-state index contributed by atoms with van der Waals surface area (Å²) < 4.78 is 0. The molecule has 0 unspecified atom stereocenters. The Morgan fingerprint density at radius 1 is 1.05 bits per heavy atom. The van der Waals surface area contributed by atoms with E-state index in [4.69, 9.17) is 0 Å². The van der Waals surface area contributed by atoms with Crippen LogP contribution in [0.1, 0.15) is 34.2 Å². The Morgan fingerprint density at radius 3 is 2.84 bits per heavy atom. The highest BCUT2D eigenvalue weighted by molar-refractivity contribution is 5.57. The molecule has 0 atom stereocenters. The zero-order chi connectivity index (χ0) is 13.2. The van der Waals surface area contributed by atoms with Crippen LogP contribution in [0.5, 0.6) is 0 Å². The molecule has 2 aromatic carbocycles. The number of rotatable bonds is 2. The summed E-state index contributed by atoms with van der Waals surface area (Å²) in [6.45, 7) is 5.49. The molecule has 0 aliphatic carbocycles. The highest BCUT2D eigenvalue weighted by Crippen LogP contribution is 2.27. The lowest BCUT2D eigenvalue weighted by Crippen LogP contribution is -2.13. The van der Waals surface area contributed by atoms with E-state index in [9.17, 15) is 0 Å². The van der Waals surface area contributed by atoms with Crippen LogP contribution in [0.25, 0.3) is 0 Å². The van der Waals surface area contributed by atoms with Gasteiger partial charge in [-0.15, -0.1) is 0 Å². The minimum absolute atomic E-state index is 1.05. The number of aryl methyl sites for hydroxylation is 2. The van der Waals surface area contributed by atoms with E-state index >= 15 is 0 Å². The zero-order valence-corrected chi connectivity index (χ0v) is 11.8. The summed E-state index contributed by atoms with van der Waals surface area (Å²) in [5, 5.41) is 3.51. The summed E-state index contributed by atoms with van der Waals surface area (Å²) in [5.41, 5.74) is 8.55. The molecule has 0 spiro atoms. The molecule has 0 aromatic heterocycles. The summed E-state index contributed by atoms with van der Waals surface area (Å²) in [6.07, 6.45) is 3.51. The minimum Gasteiger partial charge on any atom is -0.385 e. The van der Waals surface area contributed by atoms with Gasteiger partial charge in [0.05, 0.1) is 0 Å². The molecule has 19 heavy (non-hydrogen) atoms. The Hall–Kier alpha value is -1.76. The average Bonchev–Trinajstić information content (AvgIpc) is 2.43. The summed E-state index contributed by atoms with van der Waals surface area (Å²) >= 11 is 0. The summed E-state index contributed by atoms with van der Waals surface area (Å²) in [6, 6.07) is 13.4. The largest absolute Gasteiger partial charge is 0.385 e. The lowest BCUT2D eigenvalue weighted by Gasteiger charge is -2.21. The molecule has 0 bridgehead atoms. The average molecular weight is 251 g/mol. The van der Waals surface area contributed by atoms with Crippen molar-refractivity contribution in [3.05, 3.63) is 64.2 Å². The van der Waals surface area contributed by atoms with E-state index in [1.165, 1.54) is 46.3 Å². The van der Waals surface area contributed by atoms with Crippen molar-refractivity contribution in [2.75, 3.05) is 11.9 Å². The first kappa shape index (κ1) is 12.3. The first-order valence-electron chi connectivity index (χ1n) is 7.15. The van der Waals surface area contributed by atoms with Crippen LogP contribution in [0.3, 0.4) is 0 Å². The van der Waals surface area contributed by atoms with Crippen LogP contribution in [0.4, 0.5) is 5.69 Å². The fraction of sp³-hybridized carbons (Fsp3) is 0.333. The summed E-state index contributed by atoms with van der Waals surface area (Å²) in [4.78, 5) is 0. The second-order valence-corrected chi connectivity index (χ2v) is 5.58. The fourth-order valence-corrected chi connectivity index (χ4v) is 2.95. The lowest BCUT2D eigenvalue weighted by atomic mass is 9.91. The van der Waals surface area contributed by atoms with Crippen molar-refractivity contribution < 1.29 is 0 Å². The Bertz CT molecular complexity index is 599. The predicted octanol–water partition coefficient (Wildman–Crippen LogP) is 4.25. The SMILES string of the molecule is Cc1ccc(C)c(Cc2cccc3c2CCCN3)c1. The Kier molecular flexibility index (Phi) is 3.29. The van der Waals surface area contributed by atoms with Crippen LogP contribution in [0, 0.1) is 13.8 Å². The van der Waals surface area contributed by atoms with Crippen LogP contribution in [-0.2, 0) is 12.8 Å². The monoisotopic (exact) mass is 251 g/mol. The van der Waals surface area contributed by atoms with Crippen LogP contribution >= 0.6 is 0 Å². The molecule has 0 amide bonds. The third-order valence-electron chi connectivity index (χ3n) is 4.08. The van der Waals surface area contributed by atoms with Crippen molar-refractivity contribution in [2.24, 2.45) is 0 Å². The van der Waals surface area contributed by atoms with Gasteiger partial charge in [0, 0.05) is 12.2 Å². The Labute approximate surface area is 115 Å². The maximum atomic E-state index is 3.51. The second kappa shape index (κ2) is 5.08. The first-order valence-corrected chi connectivity index (χ1v) is 7.15. The maximum Gasteiger partial charge on any atom is 0.0375 e. The number of benzene rings is 2. The lowest BCUT2D eigenvalue weighted by molar-refractivity contribution is 0.819. The quantitative estimate of drug-likeness (QED) is 0.841. The molecule has 1 N–H and O–H groups in total. The maximum absolute atomic E-state index is 3.51. The minimum atomic E-state index is 1.05. The topological polar surface area (TPSA) is 12.0 Å². The molecule has 1 aliphatic rings. The van der Waals surface area contributed by atoms with E-state index in [0.717, 1.165) is 13.0 Å². The number of fused-ring (bicyclic) bond motifs is 1. The van der Waals surface area contributed by atoms with Gasteiger partial charge >= 0.3 is 0 Å². The van der Waals surface area contributed by atoms with E-state index in [1.54, 1.807) is 0 Å². The van der Waals surface area contributed by atoms with Gasteiger partial charge in [0.1, 0.15) is 0 Å². The van der Waals surface area contributed by atoms with Gasteiger partial charge in [-0.05, 0) is 61.4 Å². The van der Waals surface area contributed by atoms with Gasteiger partial charge in [-0.3, -0.25) is 0 Å². The molecule has 1 nitrogen and oxygen atoms in total. The van der Waals surface area contributed by atoms with Crippen LogP contribution in [0.2, 0.25) is 0 Å². The molecule has 0 saturated carbocycles. The number of hydrogen-bond donors (Lipinski definition) is 1. The molecule has 1 heteroatoms. The van der Waals surface area contributed by atoms with Crippen molar-refractivity contribution in [2.45, 2.75) is 33.1 Å². The van der Waals surface area contributed by atoms with Crippen molar-refractivity contribution in [1.29, 1.82) is 0 Å². The molecular formula is C18H21N. The zero-order valence-electron chi connectivity index (χ0n) is 11.8. The van der Waals surface area contributed by atoms with Crippen molar-refractivity contribution >= 4 is 5.69 Å². The number of nitrogens with one attached hydrogen (secondary N) is 1.